The number of amides is 1. The van der Waals surface area contributed by atoms with Gasteiger partial charge in [0.15, 0.2) is 0 Å². The fourth-order valence-electron chi connectivity index (χ4n) is 3.60. The molecule has 2 aromatic carbocycles. The van der Waals surface area contributed by atoms with E-state index >= 15 is 0 Å². The summed E-state index contributed by atoms with van der Waals surface area (Å²) < 4.78 is 6.41. The maximum Gasteiger partial charge on any atom is 0.248 e. The summed E-state index contributed by atoms with van der Waals surface area (Å²) in [5.74, 6) is 0.335. The first-order chi connectivity index (χ1) is 12.2. The molecule has 1 saturated heterocycles. The Kier molecular flexibility index (Phi) is 4.55. The Labute approximate surface area is 148 Å². The minimum Gasteiger partial charge on any atom is -0.367 e. The van der Waals surface area contributed by atoms with Gasteiger partial charge >= 0.3 is 0 Å². The van der Waals surface area contributed by atoms with Crippen LogP contribution in [0.1, 0.15) is 40.4 Å². The van der Waals surface area contributed by atoms with Gasteiger partial charge in [0.05, 0.1) is 12.2 Å². The Morgan fingerprint density at radius 1 is 1.04 bits per heavy atom. The van der Waals surface area contributed by atoms with Gasteiger partial charge in [-0.15, -0.1) is 0 Å². The van der Waals surface area contributed by atoms with Gasteiger partial charge in [-0.05, 0) is 42.0 Å². The number of primary amides is 1. The van der Waals surface area contributed by atoms with Crippen LogP contribution in [0, 0.1) is 5.92 Å². The minimum absolute atomic E-state index is 0.130. The third-order valence-corrected chi connectivity index (χ3v) is 5.17. The molecule has 25 heavy (non-hydrogen) atoms. The molecular weight excluding hydrogens is 312 g/mol. The molecule has 1 aliphatic carbocycles. The Bertz CT molecular complexity index is 725. The summed E-state index contributed by atoms with van der Waals surface area (Å²) >= 11 is 0. The predicted octanol–water partition coefficient (Wildman–Crippen LogP) is 3.14. The molecule has 2 aromatic rings. The highest BCUT2D eigenvalue weighted by Crippen LogP contribution is 2.39. The molecule has 1 aliphatic heterocycles. The summed E-state index contributed by atoms with van der Waals surface area (Å²) in [4.78, 5) is 13.7. The first-order valence-electron chi connectivity index (χ1n) is 9.00. The molecule has 130 valence electrons. The molecule has 0 aromatic heterocycles. The number of carbonyl (C=O) groups is 1. The minimum atomic E-state index is -0.379. The number of hydrogen-bond acceptors (Lipinski definition) is 3. The summed E-state index contributed by atoms with van der Waals surface area (Å²) in [5, 5.41) is 0. The predicted molar refractivity (Wildman–Crippen MR) is 97.0 cm³/mol. The molecule has 4 nitrogen and oxygen atoms in total. The van der Waals surface area contributed by atoms with E-state index in [1.807, 2.05) is 30.3 Å². The van der Waals surface area contributed by atoms with Crippen molar-refractivity contribution in [1.29, 1.82) is 0 Å². The van der Waals surface area contributed by atoms with Crippen LogP contribution < -0.4 is 5.73 Å². The van der Waals surface area contributed by atoms with E-state index in [1.54, 1.807) is 0 Å². The molecule has 0 radical (unpaired) electrons. The lowest BCUT2D eigenvalue weighted by molar-refractivity contribution is -0.0986. The summed E-state index contributed by atoms with van der Waals surface area (Å²) in [6, 6.07) is 18.1. The summed E-state index contributed by atoms with van der Waals surface area (Å²) in [5.41, 5.74) is 8.34. The average Bonchev–Trinajstić information content (AvgIpc) is 3.48. The van der Waals surface area contributed by atoms with E-state index in [0.717, 1.165) is 19.6 Å². The van der Waals surface area contributed by atoms with Crippen LogP contribution in [-0.4, -0.2) is 30.0 Å². The van der Waals surface area contributed by atoms with Crippen molar-refractivity contribution in [3.63, 3.8) is 0 Å². The van der Waals surface area contributed by atoms with Crippen LogP contribution in [0.15, 0.2) is 54.6 Å². The summed E-state index contributed by atoms with van der Waals surface area (Å²) in [6.45, 7) is 2.74. The molecule has 2 aliphatic rings. The van der Waals surface area contributed by atoms with Crippen LogP contribution in [0.25, 0.3) is 0 Å². The van der Waals surface area contributed by atoms with Crippen LogP contribution in [0.3, 0.4) is 0 Å². The Balaban J connectivity index is 1.48. The molecule has 4 rings (SSSR count). The second-order valence-corrected chi connectivity index (χ2v) is 7.17. The fourth-order valence-corrected chi connectivity index (χ4v) is 3.60. The van der Waals surface area contributed by atoms with Gasteiger partial charge in [-0.3, -0.25) is 9.69 Å². The first kappa shape index (κ1) is 16.3. The van der Waals surface area contributed by atoms with E-state index in [0.29, 0.717) is 17.6 Å². The third-order valence-electron chi connectivity index (χ3n) is 5.17. The van der Waals surface area contributed by atoms with Gasteiger partial charge in [-0.1, -0.05) is 42.5 Å². The number of nitrogens with two attached hydrogens (primary N) is 1. The molecule has 0 unspecified atom stereocenters. The Morgan fingerprint density at radius 3 is 2.40 bits per heavy atom. The van der Waals surface area contributed by atoms with Crippen LogP contribution in [0.2, 0.25) is 0 Å². The molecule has 1 heterocycles. The van der Waals surface area contributed by atoms with E-state index < -0.39 is 0 Å². The topological polar surface area (TPSA) is 55.6 Å². The van der Waals surface area contributed by atoms with Crippen LogP contribution in [0.5, 0.6) is 0 Å². The fraction of sp³-hybridized carbons (Fsp3) is 0.381. The van der Waals surface area contributed by atoms with Crippen LogP contribution in [0.4, 0.5) is 0 Å². The number of hydrogen-bond donors (Lipinski definition) is 1. The zero-order valence-corrected chi connectivity index (χ0v) is 14.3. The highest BCUT2D eigenvalue weighted by Gasteiger charge is 2.38. The molecule has 2 N–H and O–H groups in total. The molecule has 0 bridgehead atoms. The van der Waals surface area contributed by atoms with Crippen molar-refractivity contribution in [2.75, 3.05) is 13.1 Å². The van der Waals surface area contributed by atoms with Gasteiger partial charge in [0, 0.05) is 25.2 Å². The number of morpholine rings is 1. The maximum atomic E-state index is 11.2. The van der Waals surface area contributed by atoms with Crippen LogP contribution in [-0.2, 0) is 11.3 Å². The largest absolute Gasteiger partial charge is 0.367 e. The number of nitrogens with zero attached hydrogens (tertiary/aromatic N) is 1. The van der Waals surface area contributed by atoms with Gasteiger partial charge in [0.2, 0.25) is 5.91 Å². The first-order valence-corrected chi connectivity index (χ1v) is 9.00. The van der Waals surface area contributed by atoms with E-state index in [1.165, 1.54) is 24.0 Å². The normalized spacial score (nSPS) is 24.2. The Morgan fingerprint density at radius 2 is 1.76 bits per heavy atom. The van der Waals surface area contributed by atoms with E-state index in [4.69, 9.17) is 10.5 Å². The van der Waals surface area contributed by atoms with E-state index in [-0.39, 0.29) is 12.0 Å². The SMILES string of the molecule is NC(=O)c1ccc(CN2C[C@@H](c3ccccc3)O[C@@H](C3CC3)C2)cc1. The summed E-state index contributed by atoms with van der Waals surface area (Å²) in [6.07, 6.45) is 3.02. The van der Waals surface area contributed by atoms with Crippen LogP contribution >= 0.6 is 0 Å². The lowest BCUT2D eigenvalue weighted by Gasteiger charge is -2.38. The van der Waals surface area contributed by atoms with Crippen molar-refractivity contribution in [3.05, 3.63) is 71.3 Å². The van der Waals surface area contributed by atoms with Crippen molar-refractivity contribution < 1.29 is 9.53 Å². The van der Waals surface area contributed by atoms with E-state index in [9.17, 15) is 4.79 Å². The molecule has 1 saturated carbocycles. The monoisotopic (exact) mass is 336 g/mol. The number of ether oxygens (including phenoxy) is 1. The molecule has 2 atom stereocenters. The second-order valence-electron chi connectivity index (χ2n) is 7.17. The zero-order chi connectivity index (χ0) is 17.2. The molecule has 2 fully saturated rings. The van der Waals surface area contributed by atoms with Gasteiger partial charge in [0.1, 0.15) is 0 Å². The smallest absolute Gasteiger partial charge is 0.248 e. The highest BCUT2D eigenvalue weighted by molar-refractivity contribution is 5.92. The average molecular weight is 336 g/mol. The van der Waals surface area contributed by atoms with Gasteiger partial charge in [-0.2, -0.15) is 0 Å². The van der Waals surface area contributed by atoms with Crippen molar-refractivity contribution in [3.8, 4) is 0 Å². The van der Waals surface area contributed by atoms with Crippen molar-refractivity contribution in [2.45, 2.75) is 31.6 Å². The molecular formula is C21H24N2O2. The number of rotatable bonds is 5. The van der Waals surface area contributed by atoms with Crippen molar-refractivity contribution in [2.24, 2.45) is 11.7 Å². The van der Waals surface area contributed by atoms with Gasteiger partial charge in [-0.25, -0.2) is 0 Å². The van der Waals surface area contributed by atoms with Crippen molar-refractivity contribution >= 4 is 5.91 Å². The quantitative estimate of drug-likeness (QED) is 0.912. The van der Waals surface area contributed by atoms with Crippen molar-refractivity contribution in [1.82, 2.24) is 4.90 Å². The zero-order valence-electron chi connectivity index (χ0n) is 14.3. The van der Waals surface area contributed by atoms with Gasteiger partial charge < -0.3 is 10.5 Å². The molecule has 1 amide bonds. The summed E-state index contributed by atoms with van der Waals surface area (Å²) in [7, 11) is 0. The maximum absolute atomic E-state index is 11.2. The Hall–Kier alpha value is -2.17. The number of carbonyl (C=O) groups excluding carboxylic acids is 1. The molecule has 0 spiro atoms. The lowest BCUT2D eigenvalue weighted by Crippen LogP contribution is -2.44. The third kappa shape index (κ3) is 3.91. The van der Waals surface area contributed by atoms with E-state index in [2.05, 4.69) is 29.2 Å². The highest BCUT2D eigenvalue weighted by atomic mass is 16.5. The molecule has 4 heteroatoms. The lowest BCUT2D eigenvalue weighted by atomic mass is 10.0. The van der Waals surface area contributed by atoms with Gasteiger partial charge in [0.25, 0.3) is 0 Å². The number of benzene rings is 2. The standard InChI is InChI=1S/C21H24N2O2/c22-21(24)18-8-6-15(7-9-18)12-23-13-19(16-4-2-1-3-5-16)25-20(14-23)17-10-11-17/h1-9,17,19-20H,10-14H2,(H2,22,24)/t19-,20+/m0/s1. The second kappa shape index (κ2) is 6.98.